The minimum Gasteiger partial charge on any atom is -0.481 e. The lowest BCUT2D eigenvalue weighted by Gasteiger charge is -2.64. The SMILES string of the molecule is CC#C[C@]1(O)CC[C@H]2[C@@H]3CCC4=CC(=O)CCC4=C3[C@@H](c3ccc(N(C)CCO[C@H]4CC[C@@]5(C)[C@@H](C4)C[C@@H](OCOC(=O)CCCN)[C@@H]4[C@@H]5C[C@H](O)[C@]5(C)[C@@H]([C@H](C)CCC(=O)O)CC[C@@H]45)cc3)C[C@@]21C. The number of carboxylic acids is 1. The Bertz CT molecular complexity index is 2250. The second-order valence-corrected chi connectivity index (χ2v) is 24.2. The molecule has 0 aromatic heterocycles. The molecule has 6 fully saturated rings. The molecule has 0 aliphatic heterocycles. The molecule has 1 aromatic rings. The number of aliphatic carboxylic acids is 1. The molecule has 16 atom stereocenters. The third kappa shape index (κ3) is 9.15. The van der Waals surface area contributed by atoms with Crippen LogP contribution in [-0.2, 0) is 28.6 Å². The standard InChI is InChI=1S/C59H84N2O9/c1-7-24-59(67)26-23-47-44-17-13-38-30-41(62)16-18-43(38)54(44)45(34-57(47,59)4)37-11-14-40(15-12-37)61(6)28-29-68-42-22-25-56(3)39(31-42)32-50(69-35-70-53(66)9-8-27-60)55-48-20-19-46(36(2)10-21-52(64)65)58(48,5)51(63)33-49(55)56/h11-12,14-15,30,36,39,42,44-51,55,63,67H,8-10,13,16-23,25-29,31-35,60H2,1-6H3,(H,64,65)/t36-,39+,42+,44+,45-,46-,47+,48+,49+,50-,51+,55+,56+,57+,58-,59+/m1/s1. The van der Waals surface area contributed by atoms with E-state index in [2.05, 4.69) is 75.7 Å². The van der Waals surface area contributed by atoms with Crippen molar-refractivity contribution in [2.45, 2.75) is 180 Å². The quantitative estimate of drug-likeness (QED) is 0.0708. The molecule has 11 nitrogen and oxygen atoms in total. The monoisotopic (exact) mass is 965 g/mol. The highest BCUT2D eigenvalue weighted by Crippen LogP contribution is 2.70. The van der Waals surface area contributed by atoms with Crippen LogP contribution < -0.4 is 10.6 Å². The van der Waals surface area contributed by atoms with Crippen molar-refractivity contribution in [3.8, 4) is 11.8 Å². The molecule has 0 bridgehead atoms. The van der Waals surface area contributed by atoms with Gasteiger partial charge in [0.15, 0.2) is 12.6 Å². The number of carbonyl (C=O) groups is 3. The van der Waals surface area contributed by atoms with Gasteiger partial charge < -0.3 is 40.2 Å². The highest BCUT2D eigenvalue weighted by atomic mass is 16.7. The maximum absolute atomic E-state index is 12.6. The minimum atomic E-state index is -1.00. The van der Waals surface area contributed by atoms with Crippen molar-refractivity contribution >= 4 is 23.4 Å². The summed E-state index contributed by atoms with van der Waals surface area (Å²) in [4.78, 5) is 39.0. The Morgan fingerprint density at radius 3 is 2.47 bits per heavy atom. The van der Waals surface area contributed by atoms with Gasteiger partial charge in [-0.25, -0.2) is 0 Å². The van der Waals surface area contributed by atoms with E-state index < -0.39 is 17.7 Å². The van der Waals surface area contributed by atoms with E-state index in [9.17, 15) is 29.7 Å². The number of nitrogens with zero attached hydrogens (tertiary/aromatic N) is 1. The zero-order valence-corrected chi connectivity index (χ0v) is 43.2. The van der Waals surface area contributed by atoms with Gasteiger partial charge in [-0.3, -0.25) is 14.4 Å². The first-order valence-electron chi connectivity index (χ1n) is 27.4. The molecule has 8 aliphatic carbocycles. The molecule has 1 aromatic carbocycles. The van der Waals surface area contributed by atoms with E-state index in [4.69, 9.17) is 19.9 Å². The number of allylic oxidation sites excluding steroid dienone is 4. The molecule has 9 rings (SSSR count). The molecular formula is C59H84N2O9. The highest BCUT2D eigenvalue weighted by molar-refractivity contribution is 5.93. The number of hydrogen-bond donors (Lipinski definition) is 4. The van der Waals surface area contributed by atoms with Crippen LogP contribution in [0.25, 0.3) is 0 Å². The van der Waals surface area contributed by atoms with E-state index in [1.807, 2.05) is 13.0 Å². The number of aliphatic hydroxyl groups excluding tert-OH is 1. The Hall–Kier alpha value is -3.53. The number of nitrogens with two attached hydrogens (primary N) is 1. The van der Waals surface area contributed by atoms with Gasteiger partial charge in [-0.05, 0) is 203 Å². The average molecular weight is 965 g/mol. The Labute approximate surface area is 418 Å². The summed E-state index contributed by atoms with van der Waals surface area (Å²) in [5.41, 5.74) is 10.6. The Morgan fingerprint density at radius 1 is 0.943 bits per heavy atom. The number of rotatable bonds is 16. The number of ketones is 1. The molecule has 5 N–H and O–H groups in total. The number of hydrogen-bond acceptors (Lipinski definition) is 10. The van der Waals surface area contributed by atoms with Crippen molar-refractivity contribution in [1.82, 2.24) is 0 Å². The van der Waals surface area contributed by atoms with E-state index in [0.29, 0.717) is 63.0 Å². The Balaban J connectivity index is 0.869. The molecule has 0 spiro atoms. The van der Waals surface area contributed by atoms with Crippen molar-refractivity contribution in [2.24, 2.45) is 69.3 Å². The van der Waals surface area contributed by atoms with Gasteiger partial charge in [0.05, 0.1) is 24.9 Å². The second-order valence-electron chi connectivity index (χ2n) is 24.2. The number of carbonyl (C=O) groups excluding carboxylic acids is 2. The zero-order chi connectivity index (χ0) is 49.8. The van der Waals surface area contributed by atoms with Gasteiger partial charge in [0.25, 0.3) is 0 Å². The van der Waals surface area contributed by atoms with E-state index >= 15 is 0 Å². The first kappa shape index (κ1) is 51.4. The normalized spacial score (nSPS) is 40.0. The number of aliphatic hydroxyl groups is 2. The summed E-state index contributed by atoms with van der Waals surface area (Å²) in [6.07, 6.45) is 15.3. The molecule has 0 amide bonds. The summed E-state index contributed by atoms with van der Waals surface area (Å²) >= 11 is 0. The van der Waals surface area contributed by atoms with Crippen LogP contribution >= 0.6 is 0 Å². The minimum absolute atomic E-state index is 0.00719. The fourth-order valence-electron chi connectivity index (χ4n) is 17.3. The smallest absolute Gasteiger partial charge is 0.307 e. The summed E-state index contributed by atoms with van der Waals surface area (Å²) in [5.74, 6) is 7.91. The molecule has 6 saturated carbocycles. The third-order valence-electron chi connectivity index (χ3n) is 21.1. The zero-order valence-electron chi connectivity index (χ0n) is 43.2. The number of esters is 1. The number of carboxylic acid groups (broad SMARTS) is 1. The number of benzene rings is 1. The molecule has 0 saturated heterocycles. The number of ether oxygens (including phenoxy) is 3. The summed E-state index contributed by atoms with van der Waals surface area (Å²) in [7, 11) is 2.14. The molecule has 70 heavy (non-hydrogen) atoms. The number of fused-ring (bicyclic) bond motifs is 9. The molecule has 11 heteroatoms. The molecule has 0 heterocycles. The maximum atomic E-state index is 12.6. The van der Waals surface area contributed by atoms with Gasteiger partial charge in [-0.15, -0.1) is 5.92 Å². The predicted octanol–water partition coefficient (Wildman–Crippen LogP) is 9.53. The lowest BCUT2D eigenvalue weighted by atomic mass is 9.43. The van der Waals surface area contributed by atoms with Gasteiger partial charge in [0.1, 0.15) is 5.60 Å². The van der Waals surface area contributed by atoms with E-state index in [0.717, 1.165) is 82.9 Å². The van der Waals surface area contributed by atoms with Gasteiger partial charge in [-0.2, -0.15) is 0 Å². The molecule has 384 valence electrons. The van der Waals surface area contributed by atoms with Gasteiger partial charge in [0, 0.05) is 49.9 Å². The van der Waals surface area contributed by atoms with Crippen LogP contribution in [0.1, 0.15) is 162 Å². The van der Waals surface area contributed by atoms with E-state index in [1.54, 1.807) is 0 Å². The van der Waals surface area contributed by atoms with Crippen molar-refractivity contribution < 1.29 is 43.9 Å². The van der Waals surface area contributed by atoms with E-state index in [1.165, 1.54) is 22.3 Å². The summed E-state index contributed by atoms with van der Waals surface area (Å²) in [6.45, 7) is 12.7. The molecule has 8 aliphatic rings. The van der Waals surface area contributed by atoms with Crippen molar-refractivity contribution in [3.05, 3.63) is 52.6 Å². The summed E-state index contributed by atoms with van der Waals surface area (Å²) in [5, 5.41) is 33.9. The summed E-state index contributed by atoms with van der Waals surface area (Å²) in [6, 6.07) is 9.08. The van der Waals surface area contributed by atoms with Crippen LogP contribution in [0.5, 0.6) is 0 Å². The fraction of sp³-hybridized carbons (Fsp3) is 0.746. The number of likely N-dealkylation sites (N-methyl/N-ethyl adjacent to an activating group) is 1. The largest absolute Gasteiger partial charge is 0.481 e. The second kappa shape index (κ2) is 20.4. The van der Waals surface area contributed by atoms with Crippen molar-refractivity contribution in [3.63, 3.8) is 0 Å². The van der Waals surface area contributed by atoms with Crippen LogP contribution in [0, 0.1) is 75.4 Å². The first-order valence-corrected chi connectivity index (χ1v) is 27.4. The van der Waals surface area contributed by atoms with E-state index in [-0.39, 0.29) is 95.3 Å². The van der Waals surface area contributed by atoms with Crippen LogP contribution in [0.15, 0.2) is 47.1 Å². The fourth-order valence-corrected chi connectivity index (χ4v) is 17.3. The highest BCUT2D eigenvalue weighted by Gasteiger charge is 2.67. The van der Waals surface area contributed by atoms with Crippen molar-refractivity contribution in [2.75, 3.05) is 38.4 Å². The lowest BCUT2D eigenvalue weighted by molar-refractivity contribution is -0.232. The molecular weight excluding hydrogens is 881 g/mol. The van der Waals surface area contributed by atoms with Crippen LogP contribution in [0.4, 0.5) is 5.69 Å². The van der Waals surface area contributed by atoms with Crippen LogP contribution in [0.2, 0.25) is 0 Å². The number of anilines is 1. The third-order valence-corrected chi connectivity index (χ3v) is 21.1. The lowest BCUT2D eigenvalue weighted by Crippen LogP contribution is -2.63. The first-order chi connectivity index (χ1) is 33.4. The summed E-state index contributed by atoms with van der Waals surface area (Å²) < 4.78 is 19.1. The Kier molecular flexibility index (Phi) is 15.0. The maximum Gasteiger partial charge on any atom is 0.307 e. The van der Waals surface area contributed by atoms with Crippen molar-refractivity contribution in [1.29, 1.82) is 0 Å². The molecule has 0 radical (unpaired) electrons. The van der Waals surface area contributed by atoms with Gasteiger partial charge in [0.2, 0.25) is 0 Å². The average Bonchev–Trinajstić information content (AvgIpc) is 3.83. The Morgan fingerprint density at radius 2 is 1.73 bits per heavy atom. The molecule has 0 unspecified atom stereocenters. The van der Waals surface area contributed by atoms with Crippen LogP contribution in [-0.4, -0.2) is 90.5 Å². The van der Waals surface area contributed by atoms with Crippen LogP contribution in [0.3, 0.4) is 0 Å². The van der Waals surface area contributed by atoms with Gasteiger partial charge in [-0.1, -0.05) is 51.3 Å². The van der Waals surface area contributed by atoms with Gasteiger partial charge >= 0.3 is 11.9 Å². The topological polar surface area (TPSA) is 169 Å². The predicted molar refractivity (Wildman–Crippen MR) is 270 cm³/mol.